The first kappa shape index (κ1) is 20.6. The van der Waals surface area contributed by atoms with E-state index < -0.39 is 5.56 Å². The molecule has 8 nitrogen and oxygen atoms in total. The van der Waals surface area contributed by atoms with Gasteiger partial charge in [0.05, 0.1) is 12.9 Å². The van der Waals surface area contributed by atoms with E-state index in [4.69, 9.17) is 4.74 Å². The van der Waals surface area contributed by atoms with Crippen LogP contribution in [-0.2, 0) is 11.3 Å². The number of thioether (sulfide) groups is 1. The van der Waals surface area contributed by atoms with E-state index in [1.807, 2.05) is 24.3 Å². The first-order chi connectivity index (χ1) is 15.0. The number of halogens is 1. The summed E-state index contributed by atoms with van der Waals surface area (Å²) in [6.45, 7) is 0.395. The highest BCUT2D eigenvalue weighted by atomic mass is 32.2. The van der Waals surface area contributed by atoms with E-state index in [0.29, 0.717) is 17.4 Å². The molecule has 2 aromatic carbocycles. The number of fused-ring (bicyclic) bond motifs is 1. The van der Waals surface area contributed by atoms with Crippen molar-refractivity contribution in [2.24, 2.45) is 0 Å². The molecule has 4 rings (SSSR count). The summed E-state index contributed by atoms with van der Waals surface area (Å²) in [5.74, 6) is 0.321. The van der Waals surface area contributed by atoms with Gasteiger partial charge in [-0.25, -0.2) is 4.39 Å². The number of carbonyl (C=O) groups is 1. The largest absolute Gasteiger partial charge is 0.497 e. The van der Waals surface area contributed by atoms with E-state index in [9.17, 15) is 14.0 Å². The van der Waals surface area contributed by atoms with Crippen molar-refractivity contribution in [3.05, 3.63) is 82.7 Å². The Labute approximate surface area is 180 Å². The monoisotopic (exact) mass is 439 g/mol. The van der Waals surface area contributed by atoms with Crippen LogP contribution in [0, 0.1) is 5.82 Å². The van der Waals surface area contributed by atoms with Crippen LogP contribution in [0.4, 0.5) is 4.39 Å². The third-order valence-electron chi connectivity index (χ3n) is 4.53. The van der Waals surface area contributed by atoms with Crippen molar-refractivity contribution in [3.63, 3.8) is 0 Å². The Morgan fingerprint density at radius 2 is 1.84 bits per heavy atom. The van der Waals surface area contributed by atoms with Gasteiger partial charge in [0.15, 0.2) is 5.16 Å². The number of amides is 1. The van der Waals surface area contributed by atoms with Gasteiger partial charge < -0.3 is 10.1 Å². The summed E-state index contributed by atoms with van der Waals surface area (Å²) in [6.07, 6.45) is 3.19. The van der Waals surface area contributed by atoms with Crippen molar-refractivity contribution >= 4 is 23.3 Å². The van der Waals surface area contributed by atoms with Crippen molar-refractivity contribution in [1.29, 1.82) is 0 Å². The van der Waals surface area contributed by atoms with E-state index in [2.05, 4.69) is 15.5 Å². The highest BCUT2D eigenvalue weighted by Gasteiger charge is 2.13. The lowest BCUT2D eigenvalue weighted by Crippen LogP contribution is -2.24. The maximum absolute atomic E-state index is 13.1. The summed E-state index contributed by atoms with van der Waals surface area (Å²) in [6, 6.07) is 13.0. The van der Waals surface area contributed by atoms with E-state index in [-0.39, 0.29) is 23.1 Å². The molecule has 31 heavy (non-hydrogen) atoms. The number of rotatable bonds is 7. The number of benzene rings is 2. The summed E-state index contributed by atoms with van der Waals surface area (Å²) in [4.78, 5) is 24.9. The lowest BCUT2D eigenvalue weighted by molar-refractivity contribution is -0.118. The Bertz CT molecular complexity index is 1270. The minimum absolute atomic E-state index is 0.118. The molecule has 10 heteroatoms. The lowest BCUT2D eigenvalue weighted by atomic mass is 10.2. The molecular weight excluding hydrogens is 421 g/mol. The third kappa shape index (κ3) is 4.58. The van der Waals surface area contributed by atoms with Crippen LogP contribution in [0.15, 0.2) is 70.9 Å². The van der Waals surface area contributed by atoms with Crippen LogP contribution < -0.4 is 15.6 Å². The predicted octanol–water partition coefficient (Wildman–Crippen LogP) is 2.44. The van der Waals surface area contributed by atoms with E-state index in [1.54, 1.807) is 19.5 Å². The Balaban J connectivity index is 1.41. The van der Waals surface area contributed by atoms with Gasteiger partial charge in [0.25, 0.3) is 0 Å². The van der Waals surface area contributed by atoms with Crippen LogP contribution in [-0.4, -0.2) is 37.9 Å². The minimum Gasteiger partial charge on any atom is -0.497 e. The molecule has 4 aromatic rings. The number of ether oxygens (including phenoxy) is 1. The average Bonchev–Trinajstić information content (AvgIpc) is 3.21. The number of hydrogen-bond donors (Lipinski definition) is 1. The van der Waals surface area contributed by atoms with E-state index in [1.165, 1.54) is 45.0 Å². The smallest absolute Gasteiger partial charge is 0.300 e. The van der Waals surface area contributed by atoms with Crippen LogP contribution in [0.2, 0.25) is 0 Å². The molecule has 0 aliphatic rings. The molecule has 0 unspecified atom stereocenters. The van der Waals surface area contributed by atoms with Crippen LogP contribution in [0.5, 0.6) is 5.75 Å². The predicted molar refractivity (Wildman–Crippen MR) is 114 cm³/mol. The second-order valence-electron chi connectivity index (χ2n) is 6.54. The fourth-order valence-corrected chi connectivity index (χ4v) is 3.64. The lowest BCUT2D eigenvalue weighted by Gasteiger charge is -2.07. The van der Waals surface area contributed by atoms with E-state index in [0.717, 1.165) is 11.3 Å². The summed E-state index contributed by atoms with van der Waals surface area (Å²) >= 11 is 1.18. The van der Waals surface area contributed by atoms with Crippen LogP contribution in [0.25, 0.3) is 11.3 Å². The molecule has 1 amide bonds. The third-order valence-corrected chi connectivity index (χ3v) is 5.47. The zero-order valence-corrected chi connectivity index (χ0v) is 17.3. The van der Waals surface area contributed by atoms with Gasteiger partial charge in [-0.15, -0.1) is 10.2 Å². The van der Waals surface area contributed by atoms with Crippen molar-refractivity contribution in [3.8, 4) is 11.4 Å². The standard InChI is InChI=1S/C21H18FN5O3S/c1-30-17-8-2-14(3-9-17)12-23-18(28)13-31-21-25-24-19-20(29)26(10-11-27(19)21)16-6-4-15(22)5-7-16/h2-11H,12-13H2,1H3,(H,23,28). The highest BCUT2D eigenvalue weighted by Crippen LogP contribution is 2.16. The summed E-state index contributed by atoms with van der Waals surface area (Å²) in [5, 5.41) is 11.2. The molecular formula is C21H18FN5O3S. The van der Waals surface area contributed by atoms with Gasteiger partial charge in [-0.05, 0) is 42.0 Å². The molecule has 1 N–H and O–H groups in total. The Hall–Kier alpha value is -3.66. The number of methoxy groups -OCH3 is 1. The molecule has 2 heterocycles. The quantitative estimate of drug-likeness (QED) is 0.445. The molecule has 158 valence electrons. The second-order valence-corrected chi connectivity index (χ2v) is 7.48. The molecule has 0 fully saturated rings. The van der Waals surface area contributed by atoms with Gasteiger partial charge in [-0.2, -0.15) is 0 Å². The first-order valence-electron chi connectivity index (χ1n) is 9.30. The van der Waals surface area contributed by atoms with Crippen molar-refractivity contribution in [1.82, 2.24) is 24.5 Å². The second kappa shape index (κ2) is 9.00. The van der Waals surface area contributed by atoms with E-state index >= 15 is 0 Å². The molecule has 0 aliphatic carbocycles. The fourth-order valence-electron chi connectivity index (χ4n) is 2.89. The van der Waals surface area contributed by atoms with Gasteiger partial charge in [0.1, 0.15) is 11.6 Å². The molecule has 0 saturated heterocycles. The summed E-state index contributed by atoms with van der Waals surface area (Å²) in [5.41, 5.74) is 1.20. The fraction of sp³-hybridized carbons (Fsp3) is 0.143. The molecule has 2 aromatic heterocycles. The highest BCUT2D eigenvalue weighted by molar-refractivity contribution is 7.99. The molecule has 0 saturated carbocycles. The zero-order chi connectivity index (χ0) is 21.8. The number of hydrogen-bond acceptors (Lipinski definition) is 6. The molecule has 0 atom stereocenters. The molecule has 0 bridgehead atoms. The van der Waals surface area contributed by atoms with Gasteiger partial charge >= 0.3 is 5.56 Å². The van der Waals surface area contributed by atoms with Gasteiger partial charge in [0, 0.05) is 24.6 Å². The van der Waals surface area contributed by atoms with Gasteiger partial charge in [-0.1, -0.05) is 23.9 Å². The molecule has 0 spiro atoms. The van der Waals surface area contributed by atoms with Crippen molar-refractivity contribution in [2.45, 2.75) is 11.7 Å². The molecule has 0 radical (unpaired) electrons. The van der Waals surface area contributed by atoms with Gasteiger partial charge in [-0.3, -0.25) is 18.6 Å². The number of carbonyl (C=O) groups excluding carboxylic acids is 1. The van der Waals surface area contributed by atoms with Crippen LogP contribution in [0.1, 0.15) is 5.56 Å². The normalized spacial score (nSPS) is 10.9. The Kier molecular flexibility index (Phi) is 5.99. The maximum Gasteiger partial charge on any atom is 0.300 e. The maximum atomic E-state index is 13.1. The van der Waals surface area contributed by atoms with Crippen LogP contribution in [0.3, 0.4) is 0 Å². The Morgan fingerprint density at radius 3 is 2.55 bits per heavy atom. The summed E-state index contributed by atoms with van der Waals surface area (Å²) < 4.78 is 21.1. The van der Waals surface area contributed by atoms with Crippen molar-refractivity contribution < 1.29 is 13.9 Å². The van der Waals surface area contributed by atoms with Crippen LogP contribution >= 0.6 is 11.8 Å². The zero-order valence-electron chi connectivity index (χ0n) is 16.5. The van der Waals surface area contributed by atoms with Crippen molar-refractivity contribution in [2.75, 3.05) is 12.9 Å². The minimum atomic E-state index is -0.391. The molecule has 0 aliphatic heterocycles. The number of nitrogens with one attached hydrogen (secondary N) is 1. The SMILES string of the molecule is COc1ccc(CNC(=O)CSc2nnc3c(=O)n(-c4ccc(F)cc4)ccn23)cc1. The average molecular weight is 439 g/mol. The first-order valence-corrected chi connectivity index (χ1v) is 10.3. The topological polar surface area (TPSA) is 90.5 Å². The number of nitrogens with zero attached hydrogens (tertiary/aromatic N) is 4. The van der Waals surface area contributed by atoms with Gasteiger partial charge in [0.2, 0.25) is 11.6 Å². The summed E-state index contributed by atoms with van der Waals surface area (Å²) in [7, 11) is 1.60. The number of aromatic nitrogens is 4. The Morgan fingerprint density at radius 1 is 1.10 bits per heavy atom.